The predicted molar refractivity (Wildman–Crippen MR) is 219 cm³/mol. The largest absolute Gasteiger partial charge is 0.778 e. The fourth-order valence-electron chi connectivity index (χ4n) is 2.88. The summed E-state index contributed by atoms with van der Waals surface area (Å²) in [6.07, 6.45) is 0. The van der Waals surface area contributed by atoms with Crippen LogP contribution < -0.4 is 34.4 Å². The number of benzene rings is 6. The molecule has 0 aliphatic carbocycles. The van der Waals surface area contributed by atoms with Crippen LogP contribution >= 0.6 is 0 Å². The van der Waals surface area contributed by atoms with Gasteiger partial charge in [0.25, 0.3) is 0 Å². The van der Waals surface area contributed by atoms with E-state index in [2.05, 4.69) is 0 Å². The van der Waals surface area contributed by atoms with Gasteiger partial charge in [0.05, 0.1) is 0 Å². The number of rotatable bonds is 0. The normalized spacial score (nSPS) is 8.82. The van der Waals surface area contributed by atoms with E-state index in [0.717, 1.165) is 29.4 Å². The maximum atomic E-state index is 5.42. The third-order valence-corrected chi connectivity index (χ3v) is 7.74. The van der Waals surface area contributed by atoms with Crippen molar-refractivity contribution in [2.45, 2.75) is 29.4 Å². The summed E-state index contributed by atoms with van der Waals surface area (Å²) in [5.74, 6) is 0. The molecule has 0 spiro atoms. The fraction of sp³-hybridized carbons (Fsp3) is 0. The minimum absolute atomic E-state index is 0. The van der Waals surface area contributed by atoms with Crippen molar-refractivity contribution in [3.8, 4) is 0 Å². The first-order valence-electron chi connectivity index (χ1n) is 13.9. The molecule has 0 saturated heterocycles. The van der Waals surface area contributed by atoms with Crippen LogP contribution in [0.4, 0.5) is 34.1 Å². The Bertz CT molecular complexity index is 1330. The molecule has 0 bridgehead atoms. The van der Waals surface area contributed by atoms with Crippen LogP contribution in [0.1, 0.15) is 0 Å². The molecule has 49 heavy (non-hydrogen) atoms. The molecule has 0 fully saturated rings. The summed E-state index contributed by atoms with van der Waals surface area (Å²) in [5, 5.41) is 0. The number of para-hydroxylation sites is 6. The van der Waals surface area contributed by atoms with Gasteiger partial charge in [0, 0.05) is 55.2 Å². The number of nitrogens with two attached hydrogens (primary N) is 6. The zero-order valence-electron chi connectivity index (χ0n) is 26.2. The molecule has 6 aromatic carbocycles. The van der Waals surface area contributed by atoms with Crippen molar-refractivity contribution >= 4 is 110 Å². The molecule has 0 radical (unpaired) electrons. The van der Waals surface area contributed by atoms with Gasteiger partial charge in [0.15, 0.2) is 0 Å². The zero-order chi connectivity index (χ0) is 35.9. The molecule has 6 aromatic rings. The molecule has 0 aliphatic heterocycles. The zero-order valence-corrected chi connectivity index (χ0v) is 33.1. The van der Waals surface area contributed by atoms with Crippen LogP contribution in [0.2, 0.25) is 0 Å². The fourth-order valence-corrected chi connectivity index (χ4v) is 3.76. The Balaban J connectivity index is 0.000000562. The summed E-state index contributed by atoms with van der Waals surface area (Å²) in [5.41, 5.74) is 36.6. The number of anilines is 6. The molecule has 6 rings (SSSR count). The van der Waals surface area contributed by atoms with Crippen molar-refractivity contribution in [1.29, 1.82) is 0 Å². The van der Waals surface area contributed by atoms with Crippen molar-refractivity contribution in [3.63, 3.8) is 0 Å². The first-order valence-corrected chi connectivity index (χ1v) is 16.4. The Hall–Kier alpha value is -3.87. The molecular formula is C36H36MoN6S6-6. The Morgan fingerprint density at radius 2 is 0.327 bits per heavy atom. The molecule has 0 heterocycles. The summed E-state index contributed by atoms with van der Waals surface area (Å²) < 4.78 is 0. The summed E-state index contributed by atoms with van der Waals surface area (Å²) >= 11 is 29.0. The van der Waals surface area contributed by atoms with Gasteiger partial charge in [0.2, 0.25) is 0 Å². The second-order valence-electron chi connectivity index (χ2n) is 9.23. The van der Waals surface area contributed by atoms with Gasteiger partial charge in [0.1, 0.15) is 0 Å². The van der Waals surface area contributed by atoms with Crippen molar-refractivity contribution in [2.24, 2.45) is 0 Å². The summed E-state index contributed by atoms with van der Waals surface area (Å²) in [6, 6.07) is 44.1. The average molecular weight is 841 g/mol. The summed E-state index contributed by atoms with van der Waals surface area (Å²) in [6.45, 7) is 0. The second kappa shape index (κ2) is 26.1. The minimum Gasteiger partial charge on any atom is -0.778 e. The topological polar surface area (TPSA) is 156 Å². The van der Waals surface area contributed by atoms with Gasteiger partial charge in [-0.05, 0) is 36.4 Å². The van der Waals surface area contributed by atoms with Gasteiger partial charge in [-0.1, -0.05) is 109 Å². The quantitative estimate of drug-likeness (QED) is 0.0528. The van der Waals surface area contributed by atoms with E-state index < -0.39 is 0 Å². The summed E-state index contributed by atoms with van der Waals surface area (Å²) in [4.78, 5) is 4.38. The van der Waals surface area contributed by atoms with Crippen molar-refractivity contribution in [1.82, 2.24) is 0 Å². The van der Waals surface area contributed by atoms with E-state index in [-0.39, 0.29) is 21.1 Å². The van der Waals surface area contributed by atoms with Crippen LogP contribution in [0.25, 0.3) is 0 Å². The van der Waals surface area contributed by atoms with Crippen LogP contribution in [0.3, 0.4) is 0 Å². The van der Waals surface area contributed by atoms with Gasteiger partial charge in [-0.3, -0.25) is 0 Å². The number of hydrogen-bond acceptors (Lipinski definition) is 12. The van der Waals surface area contributed by atoms with Crippen LogP contribution in [0.15, 0.2) is 175 Å². The van der Waals surface area contributed by atoms with Crippen LogP contribution in [0, 0.1) is 0 Å². The molecule has 12 N–H and O–H groups in total. The molecule has 6 nitrogen and oxygen atoms in total. The van der Waals surface area contributed by atoms with E-state index in [1.54, 1.807) is 36.4 Å². The Morgan fingerprint density at radius 1 is 0.224 bits per heavy atom. The molecule has 13 heteroatoms. The molecule has 0 atom stereocenters. The maximum Gasteiger partial charge on any atom is 0.0119 e. The van der Waals surface area contributed by atoms with Crippen molar-refractivity contribution in [2.75, 3.05) is 34.4 Å². The Labute approximate surface area is 337 Å². The molecule has 0 aliphatic rings. The monoisotopic (exact) mass is 842 g/mol. The molecular weight excluding hydrogens is 805 g/mol. The molecule has 0 aromatic heterocycles. The van der Waals surface area contributed by atoms with E-state index in [1.165, 1.54) is 0 Å². The van der Waals surface area contributed by atoms with Gasteiger partial charge >= 0.3 is 0 Å². The third-order valence-electron chi connectivity index (χ3n) is 5.51. The molecule has 0 saturated carbocycles. The van der Waals surface area contributed by atoms with Crippen LogP contribution in [-0.4, -0.2) is 0 Å². The smallest absolute Gasteiger partial charge is 0.0119 e. The number of hydrogen-bond donors (Lipinski definition) is 6. The second-order valence-corrected chi connectivity index (χ2v) is 11.9. The SMILES string of the molecule is Nc1ccccc1[S-].Nc1ccccc1[S-].Nc1ccccc1[S-].Nc1ccccc1[S-].Nc1ccccc1[S-].Nc1ccccc1[S-].[Mo]. The third kappa shape index (κ3) is 20.3. The molecule has 0 unspecified atom stereocenters. The standard InChI is InChI=1S/6C6H7NS.Mo/c6*7-5-3-1-2-4-6(5)8;/h6*1-4,8H,7H2;/p-6. The van der Waals surface area contributed by atoms with Gasteiger partial charge < -0.3 is 110 Å². The van der Waals surface area contributed by atoms with E-state index in [0.29, 0.717) is 34.1 Å². The molecule has 0 amide bonds. The van der Waals surface area contributed by atoms with Crippen molar-refractivity contribution < 1.29 is 21.1 Å². The van der Waals surface area contributed by atoms with Crippen LogP contribution in [0.5, 0.6) is 0 Å². The van der Waals surface area contributed by atoms with Gasteiger partial charge in [-0.25, -0.2) is 0 Å². The van der Waals surface area contributed by atoms with Crippen LogP contribution in [-0.2, 0) is 96.8 Å². The Morgan fingerprint density at radius 3 is 0.388 bits per heavy atom. The first kappa shape index (κ1) is 45.1. The van der Waals surface area contributed by atoms with Gasteiger partial charge in [-0.15, -0.1) is 0 Å². The van der Waals surface area contributed by atoms with E-state index in [1.807, 2.05) is 109 Å². The molecule has 258 valence electrons. The van der Waals surface area contributed by atoms with Crippen molar-refractivity contribution in [3.05, 3.63) is 146 Å². The summed E-state index contributed by atoms with van der Waals surface area (Å²) in [7, 11) is 0. The van der Waals surface area contributed by atoms with E-state index in [9.17, 15) is 0 Å². The van der Waals surface area contributed by atoms with Gasteiger partial charge in [-0.2, -0.15) is 29.4 Å². The first-order chi connectivity index (χ1) is 22.8. The minimum atomic E-state index is 0. The predicted octanol–water partition coefficient (Wildman–Crippen LogP) is 7.05. The number of nitrogen functional groups attached to an aromatic ring is 6. The van der Waals surface area contributed by atoms with E-state index >= 15 is 0 Å². The Kier molecular flexibility index (Phi) is 24.0. The average Bonchev–Trinajstić information content (AvgIpc) is 3.07. The van der Waals surface area contributed by atoms with E-state index in [4.69, 9.17) is 110 Å². The maximum absolute atomic E-state index is 5.42.